The lowest BCUT2D eigenvalue weighted by Gasteiger charge is -2.16. The molecule has 0 aromatic heterocycles. The molecule has 0 aliphatic carbocycles. The van der Waals surface area contributed by atoms with Crippen LogP contribution in [0.25, 0.3) is 0 Å². The van der Waals surface area contributed by atoms with Crippen LogP contribution in [0.2, 0.25) is 0 Å². The largest absolute Gasteiger partial charge is 0.320 e. The molecule has 2 aromatic carbocycles. The molecule has 0 saturated heterocycles. The van der Waals surface area contributed by atoms with Gasteiger partial charge in [0.25, 0.3) is 0 Å². The molecule has 0 saturated carbocycles. The van der Waals surface area contributed by atoms with Gasteiger partial charge in [0.05, 0.1) is 6.04 Å². The first-order valence-corrected chi connectivity index (χ1v) is 6.94. The van der Waals surface area contributed by atoms with Gasteiger partial charge in [0, 0.05) is 8.95 Å². The molecule has 1 nitrogen and oxygen atoms in total. The lowest BCUT2D eigenvalue weighted by molar-refractivity contribution is 0.860. The Morgan fingerprint density at radius 1 is 1.00 bits per heavy atom. The van der Waals surface area contributed by atoms with Gasteiger partial charge in [0.2, 0.25) is 0 Å². The summed E-state index contributed by atoms with van der Waals surface area (Å²) in [5.74, 6) is 0. The Balaban J connectivity index is 2.40. The molecule has 0 amide bonds. The molecule has 0 aliphatic heterocycles. The highest BCUT2D eigenvalue weighted by Gasteiger charge is 2.12. The third-order valence-electron chi connectivity index (χ3n) is 2.87. The van der Waals surface area contributed by atoms with Crippen LogP contribution in [0.3, 0.4) is 0 Å². The molecule has 88 valence electrons. The van der Waals surface area contributed by atoms with E-state index in [2.05, 4.69) is 57.0 Å². The summed E-state index contributed by atoms with van der Waals surface area (Å²) in [6.07, 6.45) is 0. The van der Waals surface area contributed by atoms with Crippen molar-refractivity contribution in [3.05, 3.63) is 68.1 Å². The molecule has 0 fully saturated rings. The van der Waals surface area contributed by atoms with E-state index in [9.17, 15) is 0 Å². The zero-order valence-electron chi connectivity index (χ0n) is 9.45. The third-order valence-corrected chi connectivity index (χ3v) is 4.26. The standard InChI is InChI=1S/C14H13Br2N/c1-9-12(3-2-4-13(9)16)14(17)10-5-7-11(15)8-6-10/h2-8,14H,17H2,1H3. The maximum absolute atomic E-state index is 6.30. The zero-order chi connectivity index (χ0) is 12.4. The van der Waals surface area contributed by atoms with Crippen LogP contribution in [0.1, 0.15) is 22.7 Å². The minimum atomic E-state index is -0.0828. The average molecular weight is 355 g/mol. The molecule has 3 heteroatoms. The van der Waals surface area contributed by atoms with Crippen molar-refractivity contribution in [1.82, 2.24) is 0 Å². The summed E-state index contributed by atoms with van der Waals surface area (Å²) in [6, 6.07) is 14.2. The van der Waals surface area contributed by atoms with Gasteiger partial charge < -0.3 is 5.73 Å². The molecule has 17 heavy (non-hydrogen) atoms. The van der Waals surface area contributed by atoms with Crippen LogP contribution in [0.15, 0.2) is 51.4 Å². The molecular formula is C14H13Br2N. The summed E-state index contributed by atoms with van der Waals surface area (Å²) in [5.41, 5.74) is 9.77. The van der Waals surface area contributed by atoms with Crippen molar-refractivity contribution >= 4 is 31.9 Å². The number of benzene rings is 2. The highest BCUT2D eigenvalue weighted by atomic mass is 79.9. The van der Waals surface area contributed by atoms with E-state index in [1.165, 1.54) is 5.56 Å². The molecular weight excluding hydrogens is 342 g/mol. The number of hydrogen-bond donors (Lipinski definition) is 1. The highest BCUT2D eigenvalue weighted by Crippen LogP contribution is 2.27. The van der Waals surface area contributed by atoms with Crippen LogP contribution in [0.4, 0.5) is 0 Å². The van der Waals surface area contributed by atoms with Gasteiger partial charge in [-0.2, -0.15) is 0 Å². The van der Waals surface area contributed by atoms with E-state index < -0.39 is 0 Å². The van der Waals surface area contributed by atoms with Gasteiger partial charge in [-0.25, -0.2) is 0 Å². The fraction of sp³-hybridized carbons (Fsp3) is 0.143. The van der Waals surface area contributed by atoms with E-state index in [4.69, 9.17) is 5.73 Å². The van der Waals surface area contributed by atoms with E-state index in [1.807, 2.05) is 24.3 Å². The van der Waals surface area contributed by atoms with Gasteiger partial charge in [0.15, 0.2) is 0 Å². The van der Waals surface area contributed by atoms with Crippen molar-refractivity contribution in [3.8, 4) is 0 Å². The van der Waals surface area contributed by atoms with E-state index in [1.54, 1.807) is 0 Å². The first kappa shape index (κ1) is 12.8. The topological polar surface area (TPSA) is 26.0 Å². The van der Waals surface area contributed by atoms with Gasteiger partial charge in [0.1, 0.15) is 0 Å². The summed E-state index contributed by atoms with van der Waals surface area (Å²) < 4.78 is 2.17. The van der Waals surface area contributed by atoms with Crippen LogP contribution >= 0.6 is 31.9 Å². The fourth-order valence-corrected chi connectivity index (χ4v) is 2.46. The monoisotopic (exact) mass is 353 g/mol. The minimum absolute atomic E-state index is 0.0828. The Kier molecular flexibility index (Phi) is 4.02. The Hall–Kier alpha value is -0.640. The van der Waals surface area contributed by atoms with Crippen molar-refractivity contribution in [2.75, 3.05) is 0 Å². The van der Waals surface area contributed by atoms with Crippen molar-refractivity contribution < 1.29 is 0 Å². The quantitative estimate of drug-likeness (QED) is 0.839. The SMILES string of the molecule is Cc1c(Br)cccc1C(N)c1ccc(Br)cc1. The lowest BCUT2D eigenvalue weighted by Crippen LogP contribution is -2.13. The van der Waals surface area contributed by atoms with Crippen LogP contribution in [0.5, 0.6) is 0 Å². The normalized spacial score (nSPS) is 12.5. The second kappa shape index (κ2) is 5.34. The molecule has 1 atom stereocenters. The molecule has 0 spiro atoms. The predicted molar refractivity (Wildman–Crippen MR) is 79.1 cm³/mol. The maximum Gasteiger partial charge on any atom is 0.0554 e. The second-order valence-electron chi connectivity index (χ2n) is 3.98. The van der Waals surface area contributed by atoms with Gasteiger partial charge in [-0.3, -0.25) is 0 Å². The van der Waals surface area contributed by atoms with Crippen LogP contribution in [-0.4, -0.2) is 0 Å². The summed E-state index contributed by atoms with van der Waals surface area (Å²) in [4.78, 5) is 0. The van der Waals surface area contributed by atoms with E-state index >= 15 is 0 Å². The second-order valence-corrected chi connectivity index (χ2v) is 5.75. The van der Waals surface area contributed by atoms with E-state index in [-0.39, 0.29) is 6.04 Å². The molecule has 1 unspecified atom stereocenters. The Bertz CT molecular complexity index is 520. The predicted octanol–water partition coefficient (Wildman–Crippen LogP) is 4.57. The molecule has 0 radical (unpaired) electrons. The lowest BCUT2D eigenvalue weighted by atomic mass is 9.96. The summed E-state index contributed by atoms with van der Waals surface area (Å²) in [7, 11) is 0. The van der Waals surface area contributed by atoms with Gasteiger partial charge >= 0.3 is 0 Å². The van der Waals surface area contributed by atoms with E-state index in [0.29, 0.717) is 0 Å². The smallest absolute Gasteiger partial charge is 0.0554 e. The molecule has 2 rings (SSSR count). The Morgan fingerprint density at radius 2 is 1.65 bits per heavy atom. The summed E-state index contributed by atoms with van der Waals surface area (Å²) >= 11 is 6.96. The van der Waals surface area contributed by atoms with Gasteiger partial charge in [-0.1, -0.05) is 56.1 Å². The first-order chi connectivity index (χ1) is 8.09. The number of halogens is 2. The Labute approximate surface area is 118 Å². The van der Waals surface area contributed by atoms with Crippen molar-refractivity contribution in [1.29, 1.82) is 0 Å². The zero-order valence-corrected chi connectivity index (χ0v) is 12.6. The van der Waals surface area contributed by atoms with Crippen LogP contribution in [-0.2, 0) is 0 Å². The average Bonchev–Trinajstić information content (AvgIpc) is 2.33. The summed E-state index contributed by atoms with van der Waals surface area (Å²) in [5, 5.41) is 0. The fourth-order valence-electron chi connectivity index (χ4n) is 1.81. The van der Waals surface area contributed by atoms with E-state index in [0.717, 1.165) is 20.1 Å². The number of nitrogens with two attached hydrogens (primary N) is 1. The van der Waals surface area contributed by atoms with Crippen LogP contribution < -0.4 is 5.73 Å². The van der Waals surface area contributed by atoms with Crippen molar-refractivity contribution in [2.45, 2.75) is 13.0 Å². The van der Waals surface area contributed by atoms with Gasteiger partial charge in [-0.05, 0) is 41.8 Å². The Morgan fingerprint density at radius 3 is 2.29 bits per heavy atom. The van der Waals surface area contributed by atoms with Crippen molar-refractivity contribution in [2.24, 2.45) is 5.73 Å². The minimum Gasteiger partial charge on any atom is -0.320 e. The third kappa shape index (κ3) is 2.79. The molecule has 2 N–H and O–H groups in total. The van der Waals surface area contributed by atoms with Crippen LogP contribution in [0, 0.1) is 6.92 Å². The number of rotatable bonds is 2. The summed E-state index contributed by atoms with van der Waals surface area (Å²) in [6.45, 7) is 2.08. The maximum atomic E-state index is 6.30. The molecule has 2 aromatic rings. The molecule has 0 aliphatic rings. The van der Waals surface area contributed by atoms with Gasteiger partial charge in [-0.15, -0.1) is 0 Å². The molecule has 0 bridgehead atoms. The highest BCUT2D eigenvalue weighted by molar-refractivity contribution is 9.10. The number of hydrogen-bond acceptors (Lipinski definition) is 1. The molecule has 0 heterocycles. The van der Waals surface area contributed by atoms with Crippen molar-refractivity contribution in [3.63, 3.8) is 0 Å². The first-order valence-electron chi connectivity index (χ1n) is 5.35.